The Morgan fingerprint density at radius 2 is 2.00 bits per heavy atom. The van der Waals surface area contributed by atoms with Crippen LogP contribution in [0.2, 0.25) is 0 Å². The van der Waals surface area contributed by atoms with E-state index in [9.17, 15) is 0 Å². The molecule has 1 saturated heterocycles. The number of nitrogens with zero attached hydrogens (tertiary/aromatic N) is 2. The van der Waals surface area contributed by atoms with Crippen molar-refractivity contribution in [3.63, 3.8) is 0 Å². The van der Waals surface area contributed by atoms with Gasteiger partial charge in [0.2, 0.25) is 0 Å². The summed E-state index contributed by atoms with van der Waals surface area (Å²) in [5.74, 6) is 0.798. The molecule has 4 nitrogen and oxygen atoms in total. The summed E-state index contributed by atoms with van der Waals surface area (Å²) in [6.07, 6.45) is 6.82. The number of nitrogens with one attached hydrogen (secondary N) is 1. The summed E-state index contributed by atoms with van der Waals surface area (Å²) in [6, 6.07) is 10.3. The van der Waals surface area contributed by atoms with Gasteiger partial charge in [0.1, 0.15) is 0 Å². The summed E-state index contributed by atoms with van der Waals surface area (Å²) in [7, 11) is 0. The fraction of sp³-hybridized carbons (Fsp3) is 0.526. The van der Waals surface area contributed by atoms with Crippen molar-refractivity contribution in [1.82, 2.24) is 15.1 Å². The van der Waals surface area contributed by atoms with Crippen LogP contribution >= 0.6 is 0 Å². The molecule has 124 valence electrons. The topological polar surface area (TPSA) is 39.1 Å². The molecule has 0 atom stereocenters. The molecule has 1 N–H and O–H groups in total. The van der Waals surface area contributed by atoms with E-state index in [-0.39, 0.29) is 0 Å². The van der Waals surface area contributed by atoms with Crippen LogP contribution in [0.5, 0.6) is 0 Å². The second kappa shape index (κ2) is 8.27. The Morgan fingerprint density at radius 1 is 1.22 bits per heavy atom. The second-order valence-electron chi connectivity index (χ2n) is 6.38. The second-order valence-corrected chi connectivity index (χ2v) is 6.38. The highest BCUT2D eigenvalue weighted by atomic mass is 16.5. The van der Waals surface area contributed by atoms with E-state index in [4.69, 9.17) is 4.74 Å². The zero-order valence-electron chi connectivity index (χ0n) is 14.0. The molecule has 23 heavy (non-hydrogen) atoms. The van der Waals surface area contributed by atoms with Crippen molar-refractivity contribution in [3.8, 4) is 5.69 Å². The van der Waals surface area contributed by atoms with Crippen LogP contribution in [0.1, 0.15) is 30.5 Å². The molecule has 1 aromatic heterocycles. The van der Waals surface area contributed by atoms with Crippen LogP contribution in [0, 0.1) is 12.8 Å². The molecular weight excluding hydrogens is 286 g/mol. The lowest BCUT2D eigenvalue weighted by atomic mass is 10.0. The molecule has 2 aromatic rings. The largest absolute Gasteiger partial charge is 0.381 e. The van der Waals surface area contributed by atoms with E-state index in [1.165, 1.54) is 18.4 Å². The summed E-state index contributed by atoms with van der Waals surface area (Å²) < 4.78 is 7.39. The van der Waals surface area contributed by atoms with Gasteiger partial charge in [-0.3, -0.25) is 0 Å². The van der Waals surface area contributed by atoms with Crippen LogP contribution < -0.4 is 5.32 Å². The number of hydrogen-bond acceptors (Lipinski definition) is 3. The minimum Gasteiger partial charge on any atom is -0.381 e. The minimum atomic E-state index is 0.798. The van der Waals surface area contributed by atoms with Gasteiger partial charge in [0, 0.05) is 19.4 Å². The highest BCUT2D eigenvalue weighted by Gasteiger charge is 2.12. The van der Waals surface area contributed by atoms with Crippen molar-refractivity contribution < 1.29 is 4.74 Å². The molecule has 4 heteroatoms. The normalized spacial score (nSPS) is 15.9. The van der Waals surface area contributed by atoms with Crippen LogP contribution in [0.3, 0.4) is 0 Å². The van der Waals surface area contributed by atoms with Crippen molar-refractivity contribution in [1.29, 1.82) is 0 Å². The molecule has 0 saturated carbocycles. The van der Waals surface area contributed by atoms with Gasteiger partial charge in [0.25, 0.3) is 0 Å². The van der Waals surface area contributed by atoms with E-state index in [1.807, 2.05) is 22.9 Å². The minimum absolute atomic E-state index is 0.798. The standard InChI is InChI=1S/C19H27N3O/c1-16-18(15-22(21-16)19-7-3-2-4-8-19)6-5-11-20-14-17-9-12-23-13-10-17/h2-4,7-8,15,17,20H,5-6,9-14H2,1H3. The zero-order chi connectivity index (χ0) is 15.9. The molecule has 0 radical (unpaired) electrons. The van der Waals surface area contributed by atoms with Gasteiger partial charge in [0.15, 0.2) is 0 Å². The van der Waals surface area contributed by atoms with Crippen LogP contribution in [0.15, 0.2) is 36.5 Å². The first-order valence-corrected chi connectivity index (χ1v) is 8.72. The zero-order valence-corrected chi connectivity index (χ0v) is 14.0. The predicted molar refractivity (Wildman–Crippen MR) is 93.0 cm³/mol. The van der Waals surface area contributed by atoms with Gasteiger partial charge in [-0.1, -0.05) is 18.2 Å². The first-order chi connectivity index (χ1) is 11.3. The first-order valence-electron chi connectivity index (χ1n) is 8.72. The number of aromatic nitrogens is 2. The molecule has 1 aliphatic heterocycles. The molecule has 1 fully saturated rings. The summed E-state index contributed by atoms with van der Waals surface area (Å²) in [5, 5.41) is 8.24. The lowest BCUT2D eigenvalue weighted by molar-refractivity contribution is 0.0663. The number of rotatable bonds is 7. The van der Waals surface area contributed by atoms with E-state index < -0.39 is 0 Å². The highest BCUT2D eigenvalue weighted by Crippen LogP contribution is 2.14. The van der Waals surface area contributed by atoms with E-state index in [0.717, 1.165) is 56.4 Å². The molecule has 1 aliphatic rings. The van der Waals surface area contributed by atoms with Crippen LogP contribution in [0.4, 0.5) is 0 Å². The number of benzene rings is 1. The number of hydrogen-bond donors (Lipinski definition) is 1. The predicted octanol–water partition coefficient (Wildman–Crippen LogP) is 3.13. The molecule has 0 aliphatic carbocycles. The Labute approximate surface area is 138 Å². The van der Waals surface area contributed by atoms with Gasteiger partial charge in [0.05, 0.1) is 11.4 Å². The van der Waals surface area contributed by atoms with Gasteiger partial charge in [-0.15, -0.1) is 0 Å². The Kier molecular flexibility index (Phi) is 5.83. The smallest absolute Gasteiger partial charge is 0.0645 e. The van der Waals surface area contributed by atoms with Crippen molar-refractivity contribution >= 4 is 0 Å². The van der Waals surface area contributed by atoms with Crippen LogP contribution in [-0.4, -0.2) is 36.1 Å². The van der Waals surface area contributed by atoms with Crippen LogP contribution in [0.25, 0.3) is 5.69 Å². The monoisotopic (exact) mass is 313 g/mol. The number of aryl methyl sites for hydroxylation is 2. The third-order valence-corrected chi connectivity index (χ3v) is 4.59. The molecule has 0 spiro atoms. The SMILES string of the molecule is Cc1nn(-c2ccccc2)cc1CCCNCC1CCOCC1. The van der Waals surface area contributed by atoms with Crippen LogP contribution in [-0.2, 0) is 11.2 Å². The van der Waals surface area contributed by atoms with Gasteiger partial charge in [-0.05, 0) is 69.3 Å². The summed E-state index contributed by atoms with van der Waals surface area (Å²) in [6.45, 7) is 6.18. The molecule has 0 amide bonds. The summed E-state index contributed by atoms with van der Waals surface area (Å²) in [4.78, 5) is 0. The van der Waals surface area contributed by atoms with Crippen molar-refractivity contribution in [3.05, 3.63) is 47.8 Å². The quantitative estimate of drug-likeness (QED) is 0.798. The van der Waals surface area contributed by atoms with E-state index in [2.05, 4.69) is 35.7 Å². The lowest BCUT2D eigenvalue weighted by Gasteiger charge is -2.22. The summed E-state index contributed by atoms with van der Waals surface area (Å²) in [5.41, 5.74) is 3.61. The Balaban J connectivity index is 1.42. The van der Waals surface area contributed by atoms with Gasteiger partial charge >= 0.3 is 0 Å². The van der Waals surface area contributed by atoms with E-state index >= 15 is 0 Å². The lowest BCUT2D eigenvalue weighted by Crippen LogP contribution is -2.28. The number of ether oxygens (including phenoxy) is 1. The molecule has 0 bridgehead atoms. The average Bonchev–Trinajstić information content (AvgIpc) is 2.97. The molecule has 2 heterocycles. The van der Waals surface area contributed by atoms with Gasteiger partial charge < -0.3 is 10.1 Å². The van der Waals surface area contributed by atoms with Gasteiger partial charge in [-0.2, -0.15) is 5.10 Å². The van der Waals surface area contributed by atoms with Crippen molar-refractivity contribution in [2.45, 2.75) is 32.6 Å². The Morgan fingerprint density at radius 3 is 2.78 bits per heavy atom. The van der Waals surface area contributed by atoms with Crippen molar-refractivity contribution in [2.24, 2.45) is 5.92 Å². The van der Waals surface area contributed by atoms with Crippen molar-refractivity contribution in [2.75, 3.05) is 26.3 Å². The molecule has 3 rings (SSSR count). The Hall–Kier alpha value is -1.65. The van der Waals surface area contributed by atoms with E-state index in [0.29, 0.717) is 0 Å². The maximum absolute atomic E-state index is 5.40. The fourth-order valence-corrected chi connectivity index (χ4v) is 3.11. The summed E-state index contributed by atoms with van der Waals surface area (Å²) >= 11 is 0. The Bertz CT molecular complexity index is 588. The molecule has 0 unspecified atom stereocenters. The molecule has 1 aromatic carbocycles. The fourth-order valence-electron chi connectivity index (χ4n) is 3.11. The molecular formula is C19H27N3O. The third-order valence-electron chi connectivity index (χ3n) is 4.59. The highest BCUT2D eigenvalue weighted by molar-refractivity contribution is 5.32. The van der Waals surface area contributed by atoms with E-state index in [1.54, 1.807) is 0 Å². The first kappa shape index (κ1) is 16.2. The number of para-hydroxylation sites is 1. The third kappa shape index (κ3) is 4.66. The maximum atomic E-state index is 5.40. The maximum Gasteiger partial charge on any atom is 0.0645 e. The van der Waals surface area contributed by atoms with Gasteiger partial charge in [-0.25, -0.2) is 4.68 Å². The average molecular weight is 313 g/mol.